The van der Waals surface area contributed by atoms with Crippen LogP contribution in [0, 0.1) is 0 Å². The third kappa shape index (κ3) is 6.31. The summed E-state index contributed by atoms with van der Waals surface area (Å²) in [5, 5.41) is 3.36. The fourth-order valence-electron chi connectivity index (χ4n) is 7.74. The summed E-state index contributed by atoms with van der Waals surface area (Å²) in [4.78, 5) is 16.1. The number of hydrogen-bond acceptors (Lipinski definition) is 3. The third-order valence-electron chi connectivity index (χ3n) is 10.5. The maximum atomic E-state index is 5.39. The number of benzene rings is 8. The second kappa shape index (κ2) is 14.4. The summed E-state index contributed by atoms with van der Waals surface area (Å²) in [7, 11) is 0. The van der Waals surface area contributed by atoms with Crippen LogP contribution in [0.5, 0.6) is 0 Å². The van der Waals surface area contributed by atoms with Crippen molar-refractivity contribution in [3.05, 3.63) is 212 Å². The van der Waals surface area contributed by atoms with Crippen molar-refractivity contribution < 1.29 is 0 Å². The van der Waals surface area contributed by atoms with Gasteiger partial charge in [-0.05, 0) is 74.5 Å². The van der Waals surface area contributed by atoms with Crippen molar-refractivity contribution in [2.75, 3.05) is 0 Å². The zero-order chi connectivity index (χ0) is 37.3. The first-order valence-electron chi connectivity index (χ1n) is 18.9. The number of rotatable bonds is 7. The Bertz CT molecular complexity index is 2900. The Morgan fingerprint density at radius 3 is 1.36 bits per heavy atom. The molecule has 0 aliphatic heterocycles. The minimum Gasteiger partial charge on any atom is -0.248 e. The highest BCUT2D eigenvalue weighted by Crippen LogP contribution is 2.41. The standard InChI is InChI=1S/C53H35N3/c1-5-17-36(18-6-1)40-25-15-27-42(31-40)49-35-50(56-53(55-49)43-28-16-26-41(32-43)37-19-7-2-8-20-37)47-34-51-52(45-30-14-13-29-44(45)47)46(38-21-9-3-10-22-38)33-48(54-51)39-23-11-4-12-24-39/h1-35H. The predicted octanol–water partition coefficient (Wildman–Crippen LogP) is 13.8. The van der Waals surface area contributed by atoms with Crippen LogP contribution < -0.4 is 0 Å². The van der Waals surface area contributed by atoms with E-state index in [1.165, 1.54) is 0 Å². The summed E-state index contributed by atoms with van der Waals surface area (Å²) >= 11 is 0. The number of aromatic nitrogens is 3. The Kier molecular flexibility index (Phi) is 8.51. The van der Waals surface area contributed by atoms with Gasteiger partial charge in [-0.15, -0.1) is 0 Å². The van der Waals surface area contributed by atoms with Gasteiger partial charge < -0.3 is 0 Å². The minimum absolute atomic E-state index is 0.667. The van der Waals surface area contributed by atoms with Gasteiger partial charge >= 0.3 is 0 Å². The quantitative estimate of drug-likeness (QED) is 0.154. The van der Waals surface area contributed by atoms with Crippen molar-refractivity contribution in [1.29, 1.82) is 0 Å². The highest BCUT2D eigenvalue weighted by Gasteiger charge is 2.19. The van der Waals surface area contributed by atoms with Crippen molar-refractivity contribution in [1.82, 2.24) is 15.0 Å². The molecule has 10 aromatic rings. The van der Waals surface area contributed by atoms with Crippen LogP contribution in [0.15, 0.2) is 212 Å². The first-order valence-corrected chi connectivity index (χ1v) is 18.9. The maximum Gasteiger partial charge on any atom is 0.160 e. The average Bonchev–Trinajstić information content (AvgIpc) is 3.29. The minimum atomic E-state index is 0.667. The van der Waals surface area contributed by atoms with E-state index in [-0.39, 0.29) is 0 Å². The molecular formula is C53H35N3. The second-order valence-corrected chi connectivity index (χ2v) is 14.0. The van der Waals surface area contributed by atoms with Gasteiger partial charge in [0.15, 0.2) is 5.82 Å². The molecule has 2 aromatic heterocycles. The van der Waals surface area contributed by atoms with Gasteiger partial charge in [-0.1, -0.05) is 182 Å². The van der Waals surface area contributed by atoms with Crippen molar-refractivity contribution in [2.24, 2.45) is 0 Å². The highest BCUT2D eigenvalue weighted by molar-refractivity contribution is 6.18. The normalized spacial score (nSPS) is 11.2. The van der Waals surface area contributed by atoms with Crippen molar-refractivity contribution in [3.63, 3.8) is 0 Å². The van der Waals surface area contributed by atoms with E-state index < -0.39 is 0 Å². The molecule has 0 radical (unpaired) electrons. The van der Waals surface area contributed by atoms with E-state index in [4.69, 9.17) is 15.0 Å². The van der Waals surface area contributed by atoms with Crippen molar-refractivity contribution in [2.45, 2.75) is 0 Å². The molecule has 0 saturated carbocycles. The van der Waals surface area contributed by atoms with Gasteiger partial charge in [0, 0.05) is 27.6 Å². The second-order valence-electron chi connectivity index (χ2n) is 14.0. The molecule has 0 bridgehead atoms. The summed E-state index contributed by atoms with van der Waals surface area (Å²) in [6, 6.07) is 74.4. The fraction of sp³-hybridized carbons (Fsp3) is 0. The molecule has 0 fully saturated rings. The van der Waals surface area contributed by atoms with Crippen LogP contribution in [-0.2, 0) is 0 Å². The van der Waals surface area contributed by atoms with Gasteiger partial charge in [0.25, 0.3) is 0 Å². The van der Waals surface area contributed by atoms with E-state index in [2.05, 4.69) is 194 Å². The molecule has 3 nitrogen and oxygen atoms in total. The molecule has 0 spiro atoms. The molecule has 0 saturated heterocycles. The molecule has 10 rings (SSSR count). The maximum absolute atomic E-state index is 5.39. The molecular weight excluding hydrogens is 679 g/mol. The lowest BCUT2D eigenvalue weighted by molar-refractivity contribution is 1.18. The van der Waals surface area contributed by atoms with E-state index >= 15 is 0 Å². The van der Waals surface area contributed by atoms with E-state index in [1.54, 1.807) is 0 Å². The fourth-order valence-corrected chi connectivity index (χ4v) is 7.74. The predicted molar refractivity (Wildman–Crippen MR) is 233 cm³/mol. The zero-order valence-corrected chi connectivity index (χ0v) is 30.5. The van der Waals surface area contributed by atoms with E-state index in [0.29, 0.717) is 5.82 Å². The Hall–Kier alpha value is -7.49. The van der Waals surface area contributed by atoms with Gasteiger partial charge in [0.1, 0.15) is 0 Å². The monoisotopic (exact) mass is 713 g/mol. The van der Waals surface area contributed by atoms with Gasteiger partial charge in [0.2, 0.25) is 0 Å². The lowest BCUT2D eigenvalue weighted by Crippen LogP contribution is -1.98. The highest BCUT2D eigenvalue weighted by atomic mass is 14.9. The lowest BCUT2D eigenvalue weighted by atomic mass is 9.91. The first kappa shape index (κ1) is 33.1. The van der Waals surface area contributed by atoms with Crippen LogP contribution in [0.1, 0.15) is 0 Å². The lowest BCUT2D eigenvalue weighted by Gasteiger charge is -2.17. The van der Waals surface area contributed by atoms with Crippen LogP contribution in [0.4, 0.5) is 0 Å². The summed E-state index contributed by atoms with van der Waals surface area (Å²) in [6.07, 6.45) is 0. The largest absolute Gasteiger partial charge is 0.248 e. The van der Waals surface area contributed by atoms with Crippen LogP contribution in [0.25, 0.3) is 100 Å². The summed E-state index contributed by atoms with van der Waals surface area (Å²) in [6.45, 7) is 0. The summed E-state index contributed by atoms with van der Waals surface area (Å²) in [5.41, 5.74) is 14.5. The smallest absolute Gasteiger partial charge is 0.160 e. The number of nitrogens with zero attached hydrogens (tertiary/aromatic N) is 3. The van der Waals surface area contributed by atoms with Crippen LogP contribution >= 0.6 is 0 Å². The van der Waals surface area contributed by atoms with E-state index in [9.17, 15) is 0 Å². The molecule has 262 valence electrons. The van der Waals surface area contributed by atoms with Gasteiger partial charge in [0.05, 0.1) is 22.6 Å². The summed E-state index contributed by atoms with van der Waals surface area (Å²) in [5.74, 6) is 0.667. The first-order chi connectivity index (χ1) is 27.7. The number of hydrogen-bond donors (Lipinski definition) is 0. The van der Waals surface area contributed by atoms with Gasteiger partial charge in [-0.3, -0.25) is 0 Å². The number of fused-ring (bicyclic) bond motifs is 3. The molecule has 8 aromatic carbocycles. The van der Waals surface area contributed by atoms with Crippen molar-refractivity contribution in [3.8, 4) is 78.5 Å². The molecule has 3 heteroatoms. The molecule has 0 aliphatic rings. The Morgan fingerprint density at radius 1 is 0.250 bits per heavy atom. The molecule has 0 aliphatic carbocycles. The topological polar surface area (TPSA) is 38.7 Å². The molecule has 2 heterocycles. The van der Waals surface area contributed by atoms with E-state index in [0.717, 1.165) is 94.4 Å². The Labute approximate surface area is 326 Å². The van der Waals surface area contributed by atoms with Crippen LogP contribution in [-0.4, -0.2) is 15.0 Å². The Morgan fingerprint density at radius 2 is 0.714 bits per heavy atom. The summed E-state index contributed by atoms with van der Waals surface area (Å²) < 4.78 is 0. The van der Waals surface area contributed by atoms with Crippen LogP contribution in [0.2, 0.25) is 0 Å². The molecule has 0 N–H and O–H groups in total. The Balaban J connectivity index is 1.24. The molecule has 0 unspecified atom stereocenters. The number of pyridine rings is 1. The van der Waals surface area contributed by atoms with Crippen LogP contribution in [0.3, 0.4) is 0 Å². The van der Waals surface area contributed by atoms with Gasteiger partial charge in [-0.2, -0.15) is 0 Å². The van der Waals surface area contributed by atoms with Gasteiger partial charge in [-0.25, -0.2) is 15.0 Å². The zero-order valence-electron chi connectivity index (χ0n) is 30.5. The van der Waals surface area contributed by atoms with E-state index in [1.807, 2.05) is 18.2 Å². The molecule has 0 atom stereocenters. The SMILES string of the molecule is c1ccc(-c2cccc(-c3cc(-c4cc5nc(-c6ccccc6)cc(-c6ccccc6)c5c5ccccc45)nc(-c4cccc(-c5ccccc5)c4)n3)c2)cc1. The molecule has 0 amide bonds. The third-order valence-corrected chi connectivity index (χ3v) is 10.5. The average molecular weight is 714 g/mol. The van der Waals surface area contributed by atoms with Crippen molar-refractivity contribution >= 4 is 21.7 Å². The molecule has 56 heavy (non-hydrogen) atoms.